The minimum atomic E-state index is -6.57. The predicted molar refractivity (Wildman–Crippen MR) is 25.3 cm³/mol. The maximum atomic E-state index is 11.9. The Kier molecular flexibility index (Phi) is 4.24. The molecule has 0 aromatic heterocycles. The smallest absolute Gasteiger partial charge is 0.220 e. The van der Waals surface area contributed by atoms with E-state index < -0.39 is 24.9 Å². The van der Waals surface area contributed by atoms with Crippen LogP contribution in [0.3, 0.4) is 0 Å². The van der Waals surface area contributed by atoms with E-state index >= 15 is 0 Å². The molecule has 0 fully saturated rings. The molecule has 0 saturated heterocycles. The van der Waals surface area contributed by atoms with Crippen molar-refractivity contribution < 1.29 is 58.4 Å². The van der Waals surface area contributed by atoms with Crippen molar-refractivity contribution in [1.82, 2.24) is 0 Å². The summed E-state index contributed by atoms with van der Waals surface area (Å²) in [6, 6.07) is 0. The molecule has 0 aliphatic rings. The summed E-state index contributed by atoms with van der Waals surface area (Å²) < 4.78 is 116. The molecule has 0 N–H and O–H groups in total. The highest BCUT2D eigenvalue weighted by atomic mass is 19.4. The Morgan fingerprint density at radius 2 is 1.00 bits per heavy atom. The molecule has 0 amide bonds. The predicted octanol–water partition coefficient (Wildman–Crippen LogP) is 3.18. The van der Waals surface area contributed by atoms with Gasteiger partial charge in [-0.2, -0.15) is 22.0 Å². The lowest BCUT2D eigenvalue weighted by Gasteiger charge is -2.23. The molecule has 0 bridgehead atoms. The normalized spacial score (nSPS) is 15.2. The first-order valence-electron chi connectivity index (χ1n) is 3.12. The van der Waals surface area contributed by atoms with Gasteiger partial charge in [0, 0.05) is 0 Å². The average molecular weight is 286 g/mol. The van der Waals surface area contributed by atoms with Crippen LogP contribution in [0.1, 0.15) is 0 Å². The second-order valence-electron chi connectivity index (χ2n) is 2.19. The largest absolute Gasteiger partial charge is 0.549 e. The maximum absolute atomic E-state index is 11.9. The lowest BCUT2D eigenvalue weighted by molar-refractivity contribution is -0.621. The fourth-order valence-electron chi connectivity index (χ4n) is 0.320. The quantitative estimate of drug-likeness (QED) is 0.344. The van der Waals surface area contributed by atoms with Crippen LogP contribution in [-0.2, 0) is 14.5 Å². The third-order valence-electron chi connectivity index (χ3n) is 0.810. The Labute approximate surface area is 84.8 Å². The van der Waals surface area contributed by atoms with Crippen LogP contribution in [-0.4, -0.2) is 24.9 Å². The molecule has 0 aromatic carbocycles. The molecule has 17 heavy (non-hydrogen) atoms. The van der Waals surface area contributed by atoms with E-state index in [-0.39, 0.29) is 0 Å². The summed E-state index contributed by atoms with van der Waals surface area (Å²) in [5.41, 5.74) is 0. The summed E-state index contributed by atoms with van der Waals surface area (Å²) in [6.07, 6.45) is -24.8. The Balaban J connectivity index is 4.55. The van der Waals surface area contributed by atoms with Gasteiger partial charge in [-0.05, 0) is 0 Å². The lowest BCUT2D eigenvalue weighted by Crippen LogP contribution is -2.46. The van der Waals surface area contributed by atoms with Gasteiger partial charge in [-0.15, -0.1) is 31.7 Å². The zero-order chi connectivity index (χ0) is 14.1. The first-order valence-corrected chi connectivity index (χ1v) is 3.12. The fraction of sp³-hybridized carbons (Fsp3) is 1.00. The van der Waals surface area contributed by atoms with E-state index in [1.807, 2.05) is 9.78 Å². The van der Waals surface area contributed by atoms with E-state index in [9.17, 15) is 43.9 Å². The van der Waals surface area contributed by atoms with Gasteiger partial charge >= 0.3 is 24.9 Å². The van der Waals surface area contributed by atoms with Crippen LogP contribution in [0.2, 0.25) is 0 Å². The summed E-state index contributed by atoms with van der Waals surface area (Å²) in [5, 5.41) is 0. The second-order valence-corrected chi connectivity index (χ2v) is 2.19. The molecule has 0 aromatic rings. The molecule has 3 nitrogen and oxygen atoms in total. The molecule has 0 aliphatic heterocycles. The minimum Gasteiger partial charge on any atom is -0.220 e. The molecule has 0 spiro atoms. The SMILES string of the molecule is FC(F)(F)OOC(F)(F)OC(F)(F)C(F)(F)F. The number of hydrogen-bond acceptors (Lipinski definition) is 3. The van der Waals surface area contributed by atoms with Crippen LogP contribution in [0, 0.1) is 0 Å². The highest BCUT2D eigenvalue weighted by Gasteiger charge is 2.65. The molecule has 0 rings (SSSR count). The molecule has 0 atom stereocenters. The summed E-state index contributed by atoms with van der Waals surface area (Å²) >= 11 is 0. The Hall–Kier alpha value is -0.820. The van der Waals surface area contributed by atoms with Crippen molar-refractivity contribution in [2.45, 2.75) is 24.9 Å². The highest BCUT2D eigenvalue weighted by Crippen LogP contribution is 2.41. The van der Waals surface area contributed by atoms with E-state index in [1.54, 1.807) is 4.74 Å². The Morgan fingerprint density at radius 3 is 1.29 bits per heavy atom. The molecule has 13 heteroatoms. The van der Waals surface area contributed by atoms with Gasteiger partial charge in [-0.3, -0.25) is 0 Å². The van der Waals surface area contributed by atoms with Gasteiger partial charge in [0.2, 0.25) is 0 Å². The van der Waals surface area contributed by atoms with Gasteiger partial charge in [-0.1, -0.05) is 0 Å². The molecule has 0 aliphatic carbocycles. The van der Waals surface area contributed by atoms with Crippen LogP contribution in [0.15, 0.2) is 0 Å². The van der Waals surface area contributed by atoms with Crippen molar-refractivity contribution in [3.05, 3.63) is 0 Å². The fourth-order valence-corrected chi connectivity index (χ4v) is 0.320. The maximum Gasteiger partial charge on any atom is 0.549 e. The molecule has 0 saturated carbocycles. The average Bonchev–Trinajstić information content (AvgIpc) is 1.95. The third kappa shape index (κ3) is 5.88. The topological polar surface area (TPSA) is 27.7 Å². The van der Waals surface area contributed by atoms with Crippen molar-refractivity contribution in [3.8, 4) is 0 Å². The number of hydrogen-bond donors (Lipinski definition) is 0. The van der Waals surface area contributed by atoms with Crippen molar-refractivity contribution in [2.24, 2.45) is 0 Å². The van der Waals surface area contributed by atoms with Gasteiger partial charge in [-0.25, -0.2) is 4.74 Å². The van der Waals surface area contributed by atoms with E-state index in [2.05, 4.69) is 0 Å². The summed E-state index contributed by atoms with van der Waals surface area (Å²) in [7, 11) is 0. The van der Waals surface area contributed by atoms with Crippen LogP contribution < -0.4 is 0 Å². The first kappa shape index (κ1) is 16.2. The summed E-state index contributed by atoms with van der Waals surface area (Å²) in [4.78, 5) is 3.84. The molecule has 0 radical (unpaired) electrons. The summed E-state index contributed by atoms with van der Waals surface area (Å²) in [6.45, 7) is 0. The van der Waals surface area contributed by atoms with Crippen molar-refractivity contribution in [2.75, 3.05) is 0 Å². The zero-order valence-electron chi connectivity index (χ0n) is 7.00. The molecular weight excluding hydrogens is 286 g/mol. The molecule has 0 unspecified atom stereocenters. The van der Waals surface area contributed by atoms with Crippen LogP contribution >= 0.6 is 0 Å². The molecular formula is C4F10O3. The van der Waals surface area contributed by atoms with Gasteiger partial charge in [0.15, 0.2) is 0 Å². The first-order chi connectivity index (χ1) is 7.16. The van der Waals surface area contributed by atoms with Crippen molar-refractivity contribution >= 4 is 0 Å². The van der Waals surface area contributed by atoms with Gasteiger partial charge in [0.05, 0.1) is 0 Å². The number of alkyl halides is 10. The number of halogens is 10. The van der Waals surface area contributed by atoms with Gasteiger partial charge in [0.25, 0.3) is 0 Å². The lowest BCUT2D eigenvalue weighted by atomic mass is 10.6. The van der Waals surface area contributed by atoms with E-state index in [0.29, 0.717) is 0 Å². The van der Waals surface area contributed by atoms with Crippen molar-refractivity contribution in [1.29, 1.82) is 0 Å². The Morgan fingerprint density at radius 1 is 0.588 bits per heavy atom. The van der Waals surface area contributed by atoms with Crippen LogP contribution in [0.5, 0.6) is 0 Å². The van der Waals surface area contributed by atoms with Crippen LogP contribution in [0.4, 0.5) is 43.9 Å². The standard InChI is InChI=1S/C4F10O3/c5-1(6,7)2(8,9)15-4(13,14)17-16-3(10,11)12. The summed E-state index contributed by atoms with van der Waals surface area (Å²) in [5.74, 6) is 0. The monoisotopic (exact) mass is 286 g/mol. The van der Waals surface area contributed by atoms with E-state index in [4.69, 9.17) is 0 Å². The van der Waals surface area contributed by atoms with Crippen LogP contribution in [0.25, 0.3) is 0 Å². The zero-order valence-corrected chi connectivity index (χ0v) is 7.00. The van der Waals surface area contributed by atoms with Gasteiger partial charge < -0.3 is 0 Å². The second kappa shape index (κ2) is 4.45. The third-order valence-corrected chi connectivity index (χ3v) is 0.810. The highest BCUT2D eigenvalue weighted by molar-refractivity contribution is 4.64. The number of ether oxygens (including phenoxy) is 1. The van der Waals surface area contributed by atoms with Gasteiger partial charge in [0.1, 0.15) is 0 Å². The minimum absolute atomic E-state index is 1.75. The molecule has 104 valence electrons. The molecule has 0 heterocycles. The van der Waals surface area contributed by atoms with Crippen molar-refractivity contribution in [3.63, 3.8) is 0 Å². The van der Waals surface area contributed by atoms with E-state index in [0.717, 1.165) is 0 Å². The number of rotatable bonds is 4. The van der Waals surface area contributed by atoms with E-state index in [1.165, 1.54) is 0 Å². The Bertz CT molecular complexity index is 253.